The number of anilines is 1. The van der Waals surface area contributed by atoms with E-state index in [4.69, 9.17) is 10.3 Å². The van der Waals surface area contributed by atoms with Crippen molar-refractivity contribution in [3.8, 4) is 22.2 Å². The minimum absolute atomic E-state index is 0.421. The summed E-state index contributed by atoms with van der Waals surface area (Å²) in [5.74, 6) is 0.984. The van der Waals surface area contributed by atoms with Crippen LogP contribution in [0.4, 0.5) is 5.69 Å². The maximum Gasteiger partial charge on any atom is 0.260 e. The Kier molecular flexibility index (Phi) is 3.42. The van der Waals surface area contributed by atoms with Gasteiger partial charge < -0.3 is 10.3 Å². The van der Waals surface area contributed by atoms with Gasteiger partial charge >= 0.3 is 0 Å². The number of nitrogens with two attached hydrogens (primary N) is 1. The lowest BCUT2D eigenvalue weighted by molar-refractivity contribution is 0.432. The maximum absolute atomic E-state index is 5.94. The Morgan fingerprint density at radius 3 is 2.68 bits per heavy atom. The van der Waals surface area contributed by atoms with Crippen molar-refractivity contribution in [1.29, 1.82) is 0 Å². The van der Waals surface area contributed by atoms with Crippen molar-refractivity contribution < 1.29 is 4.52 Å². The highest BCUT2D eigenvalue weighted by Crippen LogP contribution is 2.32. The average molecular weight is 401 g/mol. The third-order valence-electron chi connectivity index (χ3n) is 2.46. The van der Waals surface area contributed by atoms with Crippen LogP contribution >= 0.6 is 43.2 Å². The van der Waals surface area contributed by atoms with E-state index in [0.717, 1.165) is 18.7 Å². The molecule has 7 heteroatoms. The van der Waals surface area contributed by atoms with E-state index in [1.807, 2.05) is 24.3 Å². The number of thiophene rings is 1. The molecule has 96 valence electrons. The fraction of sp³-hybridized carbons (Fsp3) is 0. The molecule has 4 nitrogen and oxygen atoms in total. The Bertz CT molecular complexity index is 738. The first-order valence-corrected chi connectivity index (χ1v) is 7.68. The Labute approximate surface area is 129 Å². The Morgan fingerprint density at radius 2 is 2.00 bits per heavy atom. The molecule has 0 amide bonds. The predicted molar refractivity (Wildman–Crippen MR) is 82.9 cm³/mol. The van der Waals surface area contributed by atoms with Crippen LogP contribution in [0.3, 0.4) is 0 Å². The summed E-state index contributed by atoms with van der Waals surface area (Å²) in [6.07, 6.45) is 0. The molecular weight excluding hydrogens is 394 g/mol. The molecule has 0 saturated heterocycles. The molecule has 0 bridgehead atoms. The summed E-state index contributed by atoms with van der Waals surface area (Å²) in [6, 6.07) is 9.43. The highest BCUT2D eigenvalue weighted by molar-refractivity contribution is 9.11. The van der Waals surface area contributed by atoms with E-state index >= 15 is 0 Å². The second kappa shape index (κ2) is 5.07. The van der Waals surface area contributed by atoms with Gasteiger partial charge in [0.15, 0.2) is 0 Å². The Balaban J connectivity index is 2.01. The van der Waals surface area contributed by atoms with Gasteiger partial charge in [0.25, 0.3) is 5.89 Å². The minimum atomic E-state index is 0.421. The topological polar surface area (TPSA) is 64.9 Å². The monoisotopic (exact) mass is 399 g/mol. The number of halogens is 2. The zero-order valence-corrected chi connectivity index (χ0v) is 13.4. The van der Waals surface area contributed by atoms with E-state index in [1.165, 1.54) is 0 Å². The third-order valence-corrected chi connectivity index (χ3v) is 4.58. The summed E-state index contributed by atoms with van der Waals surface area (Å²) in [5, 5.41) is 3.98. The van der Waals surface area contributed by atoms with E-state index in [9.17, 15) is 0 Å². The maximum atomic E-state index is 5.94. The third kappa shape index (κ3) is 2.58. The van der Waals surface area contributed by atoms with Gasteiger partial charge in [-0.15, -0.1) is 11.3 Å². The first kappa shape index (κ1) is 12.8. The van der Waals surface area contributed by atoms with Crippen LogP contribution in [0.2, 0.25) is 0 Å². The molecule has 0 unspecified atom stereocenters. The molecule has 0 aliphatic rings. The van der Waals surface area contributed by atoms with E-state index in [-0.39, 0.29) is 0 Å². The molecule has 0 radical (unpaired) electrons. The Hall–Kier alpha value is -1.18. The lowest BCUT2D eigenvalue weighted by Gasteiger charge is -2.00. The van der Waals surface area contributed by atoms with Crippen LogP contribution in [0.5, 0.6) is 0 Å². The Morgan fingerprint density at radius 1 is 1.16 bits per heavy atom. The predicted octanol–water partition coefficient (Wildman–Crippen LogP) is 4.57. The number of benzene rings is 1. The van der Waals surface area contributed by atoms with Crippen LogP contribution in [0, 0.1) is 0 Å². The number of aromatic nitrogens is 2. The van der Waals surface area contributed by atoms with E-state index in [2.05, 4.69) is 42.0 Å². The van der Waals surface area contributed by atoms with Crippen molar-refractivity contribution in [2.75, 3.05) is 5.73 Å². The van der Waals surface area contributed by atoms with Gasteiger partial charge in [-0.25, -0.2) is 0 Å². The van der Waals surface area contributed by atoms with E-state index in [0.29, 0.717) is 17.4 Å². The van der Waals surface area contributed by atoms with Crippen molar-refractivity contribution in [1.82, 2.24) is 10.1 Å². The summed E-state index contributed by atoms with van der Waals surface area (Å²) >= 11 is 8.32. The summed E-state index contributed by atoms with van der Waals surface area (Å²) in [6.45, 7) is 0. The number of rotatable bonds is 2. The standard InChI is InChI=1S/C12H7Br2N3OS/c13-6-1-2-7(8(15)5-6)12-16-11(17-18-12)9-3-4-10(14)19-9/h1-5H,15H2. The molecular formula is C12H7Br2N3OS. The van der Waals surface area contributed by atoms with Gasteiger partial charge in [-0.1, -0.05) is 21.1 Å². The van der Waals surface area contributed by atoms with Gasteiger partial charge in [0.1, 0.15) is 0 Å². The zero-order valence-electron chi connectivity index (χ0n) is 9.43. The van der Waals surface area contributed by atoms with Crippen LogP contribution in [-0.2, 0) is 0 Å². The van der Waals surface area contributed by atoms with Gasteiger partial charge in [0.05, 0.1) is 14.2 Å². The normalized spacial score (nSPS) is 10.8. The molecule has 0 aliphatic carbocycles. The summed E-state index contributed by atoms with van der Waals surface area (Å²) in [4.78, 5) is 5.31. The highest BCUT2D eigenvalue weighted by Gasteiger charge is 2.14. The first-order valence-electron chi connectivity index (χ1n) is 5.28. The second-order valence-electron chi connectivity index (χ2n) is 3.76. The largest absolute Gasteiger partial charge is 0.398 e. The molecule has 2 heterocycles. The molecule has 19 heavy (non-hydrogen) atoms. The van der Waals surface area contributed by atoms with Gasteiger partial charge in [-0.2, -0.15) is 4.98 Å². The van der Waals surface area contributed by atoms with Crippen molar-refractivity contribution in [3.05, 3.63) is 38.6 Å². The summed E-state index contributed by atoms with van der Waals surface area (Å²) in [7, 11) is 0. The SMILES string of the molecule is Nc1cc(Br)ccc1-c1nc(-c2ccc(Br)s2)no1. The van der Waals surface area contributed by atoms with Gasteiger partial charge in [0.2, 0.25) is 5.82 Å². The van der Waals surface area contributed by atoms with Crippen LogP contribution in [0.15, 0.2) is 43.1 Å². The first-order chi connectivity index (χ1) is 9.13. The molecule has 0 spiro atoms. The van der Waals surface area contributed by atoms with Crippen molar-refractivity contribution in [2.45, 2.75) is 0 Å². The smallest absolute Gasteiger partial charge is 0.260 e. The number of nitrogens with zero attached hydrogens (tertiary/aromatic N) is 2. The van der Waals surface area contributed by atoms with Crippen LogP contribution < -0.4 is 5.73 Å². The quantitative estimate of drug-likeness (QED) is 0.639. The molecule has 1 aromatic carbocycles. The molecule has 2 aromatic heterocycles. The molecule has 3 aromatic rings. The molecule has 2 N–H and O–H groups in total. The van der Waals surface area contributed by atoms with Crippen LogP contribution in [0.25, 0.3) is 22.2 Å². The van der Waals surface area contributed by atoms with Crippen molar-refractivity contribution >= 4 is 48.9 Å². The fourth-order valence-electron chi connectivity index (χ4n) is 1.60. The zero-order chi connectivity index (χ0) is 13.4. The summed E-state index contributed by atoms with van der Waals surface area (Å²) < 4.78 is 7.21. The molecule has 0 aliphatic heterocycles. The number of nitrogen functional groups attached to an aromatic ring is 1. The highest BCUT2D eigenvalue weighted by atomic mass is 79.9. The lowest BCUT2D eigenvalue weighted by atomic mass is 10.2. The van der Waals surface area contributed by atoms with Gasteiger partial charge in [-0.3, -0.25) is 0 Å². The molecule has 3 rings (SSSR count). The average Bonchev–Trinajstić information content (AvgIpc) is 2.97. The molecule has 0 saturated carbocycles. The lowest BCUT2D eigenvalue weighted by Crippen LogP contribution is -1.89. The fourth-order valence-corrected chi connectivity index (χ4v) is 3.29. The summed E-state index contributed by atoms with van der Waals surface area (Å²) in [5.41, 5.74) is 7.27. The number of hydrogen-bond donors (Lipinski definition) is 1. The van der Waals surface area contributed by atoms with Crippen LogP contribution in [-0.4, -0.2) is 10.1 Å². The van der Waals surface area contributed by atoms with E-state index < -0.39 is 0 Å². The molecule has 0 atom stereocenters. The van der Waals surface area contributed by atoms with Gasteiger partial charge in [0, 0.05) is 10.2 Å². The number of hydrogen-bond acceptors (Lipinski definition) is 5. The molecule has 0 fully saturated rings. The minimum Gasteiger partial charge on any atom is -0.398 e. The van der Waals surface area contributed by atoms with Crippen LogP contribution in [0.1, 0.15) is 0 Å². The second-order valence-corrected chi connectivity index (χ2v) is 7.14. The van der Waals surface area contributed by atoms with Crippen molar-refractivity contribution in [3.63, 3.8) is 0 Å². The van der Waals surface area contributed by atoms with E-state index in [1.54, 1.807) is 17.4 Å². The van der Waals surface area contributed by atoms with Crippen molar-refractivity contribution in [2.24, 2.45) is 0 Å². The van der Waals surface area contributed by atoms with Gasteiger partial charge in [-0.05, 0) is 46.3 Å².